The molecule has 0 unspecified atom stereocenters. The summed E-state index contributed by atoms with van der Waals surface area (Å²) in [5.74, 6) is 3.30. The van der Waals surface area contributed by atoms with Crippen molar-refractivity contribution in [1.82, 2.24) is 0 Å². The number of esters is 1. The van der Waals surface area contributed by atoms with Crippen molar-refractivity contribution >= 4 is 17.6 Å². The summed E-state index contributed by atoms with van der Waals surface area (Å²) in [6.45, 7) is 0. The van der Waals surface area contributed by atoms with E-state index in [0.29, 0.717) is 34.3 Å². The minimum Gasteiger partial charge on any atom is -0.497 e. The van der Waals surface area contributed by atoms with Gasteiger partial charge in [0.2, 0.25) is 0 Å². The Labute approximate surface area is 177 Å². The molecule has 0 bridgehead atoms. The predicted octanol–water partition coefficient (Wildman–Crippen LogP) is 6.04. The quantitative estimate of drug-likeness (QED) is 0.578. The van der Waals surface area contributed by atoms with Gasteiger partial charge in [0.25, 0.3) is 0 Å². The Kier molecular flexibility index (Phi) is 5.03. The SMILES string of the molecule is COc1ccc2c(c1)CC[C@H]1[C@@H]3CC[C@@H](OC(=O)c4ccc(Cl)cc4)[C@@H]3CC[C@H]21. The molecule has 0 heterocycles. The third-order valence-corrected chi connectivity index (χ3v) is 7.78. The molecule has 29 heavy (non-hydrogen) atoms. The van der Waals surface area contributed by atoms with Gasteiger partial charge in [-0.2, -0.15) is 0 Å². The van der Waals surface area contributed by atoms with Gasteiger partial charge in [-0.1, -0.05) is 17.7 Å². The number of carbonyl (C=O) groups is 1. The molecule has 0 spiro atoms. The standard InChI is InChI=1S/C25H27ClO3/c1-28-18-7-9-19-16(14-18)4-8-21-20(19)10-11-23-22(21)12-13-24(23)29-25(27)15-2-5-17(26)6-3-15/h2-3,5-7,9,14,20-24H,4,8,10-13H2,1H3/t20-,21-,22+,23-,24-/m1/s1. The highest BCUT2D eigenvalue weighted by molar-refractivity contribution is 6.30. The van der Waals surface area contributed by atoms with Gasteiger partial charge in [0.05, 0.1) is 12.7 Å². The van der Waals surface area contributed by atoms with E-state index in [9.17, 15) is 4.79 Å². The Balaban J connectivity index is 1.30. The van der Waals surface area contributed by atoms with Crippen LogP contribution in [0.1, 0.15) is 59.5 Å². The lowest BCUT2D eigenvalue weighted by molar-refractivity contribution is 0.00409. The number of hydrogen-bond donors (Lipinski definition) is 0. The summed E-state index contributed by atoms with van der Waals surface area (Å²) in [4.78, 5) is 12.6. The number of halogens is 1. The largest absolute Gasteiger partial charge is 0.497 e. The maximum absolute atomic E-state index is 12.6. The molecule has 3 aliphatic rings. The molecule has 3 aliphatic carbocycles. The van der Waals surface area contributed by atoms with E-state index >= 15 is 0 Å². The van der Waals surface area contributed by atoms with E-state index in [1.54, 1.807) is 31.4 Å². The second kappa shape index (κ2) is 7.68. The minimum absolute atomic E-state index is 0.0568. The van der Waals surface area contributed by atoms with Crippen LogP contribution in [0.15, 0.2) is 42.5 Å². The number of methoxy groups -OCH3 is 1. The van der Waals surface area contributed by atoms with E-state index in [4.69, 9.17) is 21.1 Å². The molecule has 2 fully saturated rings. The summed E-state index contributed by atoms with van der Waals surface area (Å²) in [7, 11) is 1.74. The van der Waals surface area contributed by atoms with Crippen LogP contribution in [0.25, 0.3) is 0 Å². The van der Waals surface area contributed by atoms with Crippen molar-refractivity contribution in [3.63, 3.8) is 0 Å². The minimum atomic E-state index is -0.212. The molecular weight excluding hydrogens is 384 g/mol. The molecule has 2 saturated carbocycles. The zero-order valence-corrected chi connectivity index (χ0v) is 17.5. The molecule has 2 aromatic carbocycles. The number of fused-ring (bicyclic) bond motifs is 5. The van der Waals surface area contributed by atoms with Gasteiger partial charge in [-0.05, 0) is 110 Å². The highest BCUT2D eigenvalue weighted by atomic mass is 35.5. The fourth-order valence-electron chi connectivity index (χ4n) is 6.23. The third kappa shape index (κ3) is 3.44. The van der Waals surface area contributed by atoms with Crippen molar-refractivity contribution in [2.24, 2.45) is 17.8 Å². The Bertz CT molecular complexity index is 907. The Morgan fingerprint density at radius 3 is 2.52 bits per heavy atom. The van der Waals surface area contributed by atoms with Crippen LogP contribution in [0.5, 0.6) is 5.75 Å². The number of rotatable bonds is 3. The van der Waals surface area contributed by atoms with Crippen molar-refractivity contribution in [1.29, 1.82) is 0 Å². The average molecular weight is 411 g/mol. The van der Waals surface area contributed by atoms with Crippen LogP contribution in [0.2, 0.25) is 5.02 Å². The van der Waals surface area contributed by atoms with Gasteiger partial charge in [-0.3, -0.25) is 0 Å². The number of carbonyl (C=O) groups excluding carboxylic acids is 1. The monoisotopic (exact) mass is 410 g/mol. The van der Waals surface area contributed by atoms with E-state index in [1.165, 1.54) is 30.4 Å². The highest BCUT2D eigenvalue weighted by Crippen LogP contribution is 2.55. The Hall–Kier alpha value is -2.00. The summed E-state index contributed by atoms with van der Waals surface area (Å²) in [6.07, 6.45) is 6.94. The van der Waals surface area contributed by atoms with Gasteiger partial charge in [0.15, 0.2) is 0 Å². The molecule has 3 nitrogen and oxygen atoms in total. The summed E-state index contributed by atoms with van der Waals surface area (Å²) >= 11 is 5.94. The zero-order valence-electron chi connectivity index (χ0n) is 16.8. The highest BCUT2D eigenvalue weighted by Gasteiger charge is 2.49. The first kappa shape index (κ1) is 19.0. The van der Waals surface area contributed by atoms with E-state index in [-0.39, 0.29) is 12.1 Å². The third-order valence-electron chi connectivity index (χ3n) is 7.52. The normalized spacial score (nSPS) is 30.1. The van der Waals surface area contributed by atoms with E-state index in [2.05, 4.69) is 18.2 Å². The lowest BCUT2D eigenvalue weighted by Gasteiger charge is -2.45. The van der Waals surface area contributed by atoms with E-state index in [0.717, 1.165) is 25.0 Å². The van der Waals surface area contributed by atoms with Crippen molar-refractivity contribution in [2.45, 2.75) is 50.5 Å². The molecule has 5 atom stereocenters. The summed E-state index contributed by atoms with van der Waals surface area (Å²) < 4.78 is 11.4. The van der Waals surface area contributed by atoms with Gasteiger partial charge in [-0.25, -0.2) is 4.79 Å². The fourth-order valence-corrected chi connectivity index (χ4v) is 6.35. The number of ether oxygens (including phenoxy) is 2. The Morgan fingerprint density at radius 1 is 0.931 bits per heavy atom. The lowest BCUT2D eigenvalue weighted by Crippen LogP contribution is -2.37. The van der Waals surface area contributed by atoms with Crippen molar-refractivity contribution < 1.29 is 14.3 Å². The van der Waals surface area contributed by atoms with Gasteiger partial charge in [0, 0.05) is 5.02 Å². The molecule has 5 rings (SSSR count). The second-order valence-electron chi connectivity index (χ2n) is 8.81. The van der Waals surface area contributed by atoms with Crippen molar-refractivity contribution in [3.05, 3.63) is 64.2 Å². The van der Waals surface area contributed by atoms with Crippen molar-refractivity contribution in [3.8, 4) is 5.75 Å². The van der Waals surface area contributed by atoms with Crippen molar-refractivity contribution in [2.75, 3.05) is 7.11 Å². The zero-order chi connectivity index (χ0) is 20.0. The van der Waals surface area contributed by atoms with Gasteiger partial charge in [0.1, 0.15) is 11.9 Å². The summed E-state index contributed by atoms with van der Waals surface area (Å²) in [6, 6.07) is 13.6. The smallest absolute Gasteiger partial charge is 0.338 e. The first-order chi connectivity index (χ1) is 14.1. The maximum atomic E-state index is 12.6. The molecule has 0 saturated heterocycles. The van der Waals surface area contributed by atoms with Crippen LogP contribution >= 0.6 is 11.6 Å². The molecule has 0 radical (unpaired) electrons. The Morgan fingerprint density at radius 2 is 1.72 bits per heavy atom. The molecule has 4 heteroatoms. The first-order valence-corrected chi connectivity index (χ1v) is 11.1. The average Bonchev–Trinajstić information content (AvgIpc) is 3.16. The van der Waals surface area contributed by atoms with Gasteiger partial charge in [-0.15, -0.1) is 0 Å². The molecule has 152 valence electrons. The summed E-state index contributed by atoms with van der Waals surface area (Å²) in [5, 5.41) is 0.635. The predicted molar refractivity (Wildman–Crippen MR) is 114 cm³/mol. The lowest BCUT2D eigenvalue weighted by atomic mass is 9.61. The molecule has 0 N–H and O–H groups in total. The van der Waals surface area contributed by atoms with Crippen LogP contribution in [-0.2, 0) is 11.2 Å². The molecule has 0 aromatic heterocycles. The van der Waals surface area contributed by atoms with Gasteiger partial charge < -0.3 is 9.47 Å². The van der Waals surface area contributed by atoms with Crippen LogP contribution < -0.4 is 4.74 Å². The van der Waals surface area contributed by atoms with Crippen LogP contribution in [-0.4, -0.2) is 19.2 Å². The molecular formula is C25H27ClO3. The van der Waals surface area contributed by atoms with E-state index in [1.807, 2.05) is 0 Å². The molecule has 0 amide bonds. The van der Waals surface area contributed by atoms with Crippen LogP contribution in [0, 0.1) is 17.8 Å². The van der Waals surface area contributed by atoms with Crippen LogP contribution in [0.3, 0.4) is 0 Å². The maximum Gasteiger partial charge on any atom is 0.338 e. The number of benzene rings is 2. The summed E-state index contributed by atoms with van der Waals surface area (Å²) in [5.41, 5.74) is 3.59. The molecule has 0 aliphatic heterocycles. The van der Waals surface area contributed by atoms with Crippen LogP contribution in [0.4, 0.5) is 0 Å². The topological polar surface area (TPSA) is 35.5 Å². The fraction of sp³-hybridized carbons (Fsp3) is 0.480. The van der Waals surface area contributed by atoms with E-state index < -0.39 is 0 Å². The number of aryl methyl sites for hydroxylation is 1. The second-order valence-corrected chi connectivity index (χ2v) is 9.24. The number of hydrogen-bond acceptors (Lipinski definition) is 3. The molecule has 2 aromatic rings. The van der Waals surface area contributed by atoms with Gasteiger partial charge >= 0.3 is 5.97 Å². The first-order valence-electron chi connectivity index (χ1n) is 10.8.